The number of carboxylic acids is 1. The highest BCUT2D eigenvalue weighted by molar-refractivity contribution is 5.98. The zero-order valence-electron chi connectivity index (χ0n) is 15.3. The summed E-state index contributed by atoms with van der Waals surface area (Å²) < 4.78 is 0. The Hall–Kier alpha value is -2.37. The fraction of sp³-hybridized carbons (Fsp3) is 0.526. The maximum atomic E-state index is 12.7. The summed E-state index contributed by atoms with van der Waals surface area (Å²) >= 11 is 0. The minimum Gasteiger partial charge on any atom is -0.480 e. The lowest BCUT2D eigenvalue weighted by atomic mass is 9.95. The number of carboxylic acid groups (broad SMARTS) is 1. The van der Waals surface area contributed by atoms with Crippen LogP contribution in [-0.4, -0.2) is 39.9 Å². The van der Waals surface area contributed by atoms with Crippen molar-refractivity contribution in [2.24, 2.45) is 5.41 Å². The Labute approximate surface area is 148 Å². The van der Waals surface area contributed by atoms with E-state index in [9.17, 15) is 19.5 Å². The molecule has 0 saturated carbocycles. The highest BCUT2D eigenvalue weighted by Gasteiger charge is 2.46. The van der Waals surface area contributed by atoms with Gasteiger partial charge in [-0.3, -0.25) is 9.59 Å². The molecule has 2 rings (SSSR count). The van der Waals surface area contributed by atoms with E-state index in [-0.39, 0.29) is 11.8 Å². The molecular formula is C19H26N2O4. The predicted molar refractivity (Wildman–Crippen MR) is 94.1 cm³/mol. The van der Waals surface area contributed by atoms with Gasteiger partial charge in [0.05, 0.1) is 0 Å². The maximum absolute atomic E-state index is 12.7. The zero-order valence-corrected chi connectivity index (χ0v) is 15.3. The van der Waals surface area contributed by atoms with Crippen LogP contribution in [0.1, 0.15) is 56.5 Å². The van der Waals surface area contributed by atoms with Crippen LogP contribution in [0.3, 0.4) is 0 Å². The molecule has 1 atom stereocenters. The summed E-state index contributed by atoms with van der Waals surface area (Å²) in [5.41, 5.74) is -0.250. The molecule has 0 spiro atoms. The lowest BCUT2D eigenvalue weighted by Gasteiger charge is -2.31. The third-order valence-corrected chi connectivity index (χ3v) is 4.68. The summed E-state index contributed by atoms with van der Waals surface area (Å²) in [4.78, 5) is 37.5. The van der Waals surface area contributed by atoms with Crippen molar-refractivity contribution in [2.45, 2.75) is 52.6 Å². The molecule has 136 valence electrons. The average molecular weight is 346 g/mol. The van der Waals surface area contributed by atoms with Crippen molar-refractivity contribution < 1.29 is 19.5 Å². The van der Waals surface area contributed by atoms with Gasteiger partial charge in [-0.15, -0.1) is 0 Å². The molecule has 2 N–H and O–H groups in total. The zero-order chi connectivity index (χ0) is 18.8. The number of benzene rings is 1. The van der Waals surface area contributed by atoms with Crippen molar-refractivity contribution in [2.75, 3.05) is 6.54 Å². The molecular weight excluding hydrogens is 320 g/mol. The molecule has 6 heteroatoms. The fourth-order valence-corrected chi connectivity index (χ4v) is 2.88. The van der Waals surface area contributed by atoms with Crippen molar-refractivity contribution >= 4 is 17.8 Å². The van der Waals surface area contributed by atoms with E-state index < -0.39 is 16.9 Å². The third kappa shape index (κ3) is 4.00. The van der Waals surface area contributed by atoms with Crippen molar-refractivity contribution in [3.05, 3.63) is 35.4 Å². The van der Waals surface area contributed by atoms with E-state index >= 15 is 0 Å². The summed E-state index contributed by atoms with van der Waals surface area (Å²) in [5, 5.41) is 12.3. The summed E-state index contributed by atoms with van der Waals surface area (Å²) in [5.74, 6) is -1.28. The molecule has 6 nitrogen and oxygen atoms in total. The number of nitrogens with zero attached hydrogens (tertiary/aromatic N) is 1. The Morgan fingerprint density at radius 1 is 1.20 bits per heavy atom. The van der Waals surface area contributed by atoms with Gasteiger partial charge in [-0.2, -0.15) is 0 Å². The Balaban J connectivity index is 2.06. The average Bonchev–Trinajstić information content (AvgIpc) is 2.94. The van der Waals surface area contributed by atoms with Gasteiger partial charge in [-0.05, 0) is 37.5 Å². The first-order valence-corrected chi connectivity index (χ1v) is 8.48. The third-order valence-electron chi connectivity index (χ3n) is 4.68. The second-order valence-corrected chi connectivity index (χ2v) is 7.77. The van der Waals surface area contributed by atoms with E-state index in [1.165, 1.54) is 4.90 Å². The van der Waals surface area contributed by atoms with Crippen LogP contribution in [0.15, 0.2) is 24.3 Å². The highest BCUT2D eigenvalue weighted by Crippen LogP contribution is 2.30. The van der Waals surface area contributed by atoms with Gasteiger partial charge in [0.1, 0.15) is 5.54 Å². The minimum atomic E-state index is -1.14. The first-order valence-electron chi connectivity index (χ1n) is 8.48. The van der Waals surface area contributed by atoms with Crippen molar-refractivity contribution in [3.63, 3.8) is 0 Å². The molecule has 25 heavy (non-hydrogen) atoms. The fourth-order valence-electron chi connectivity index (χ4n) is 2.88. The number of carbonyl (C=O) groups excluding carboxylic acids is 2. The first kappa shape index (κ1) is 19.0. The standard InChI is InChI=1S/C19H26N2O4/c1-18(2,3)16(23)20-12-13-6-8-14(9-7-13)15(22)21-11-5-10-19(21,4)17(24)25/h6-9H,5,10-12H2,1-4H3,(H,20,23)(H,24,25). The van der Waals surface area contributed by atoms with E-state index in [1.54, 1.807) is 31.2 Å². The SMILES string of the molecule is CC(C)(C)C(=O)NCc1ccc(C(=O)N2CCCC2(C)C(=O)O)cc1. The van der Waals surface area contributed by atoms with E-state index in [0.717, 1.165) is 5.56 Å². The quantitative estimate of drug-likeness (QED) is 0.876. The monoisotopic (exact) mass is 346 g/mol. The largest absolute Gasteiger partial charge is 0.480 e. The molecule has 0 aromatic heterocycles. The molecule has 1 aromatic rings. The lowest BCUT2D eigenvalue weighted by Crippen LogP contribution is -2.50. The van der Waals surface area contributed by atoms with E-state index in [0.29, 0.717) is 31.5 Å². The van der Waals surface area contributed by atoms with Crippen molar-refractivity contribution in [1.29, 1.82) is 0 Å². The molecule has 1 fully saturated rings. The number of amides is 2. The normalized spacial score (nSPS) is 20.4. The first-order chi connectivity index (χ1) is 11.6. The number of aliphatic carboxylic acids is 1. The molecule has 2 amide bonds. The molecule has 0 bridgehead atoms. The molecule has 1 aliphatic heterocycles. The van der Waals surface area contributed by atoms with Gasteiger partial charge in [0.25, 0.3) is 5.91 Å². The van der Waals surface area contributed by atoms with Gasteiger partial charge in [-0.25, -0.2) is 4.79 Å². The number of likely N-dealkylation sites (tertiary alicyclic amines) is 1. The number of rotatable bonds is 4. The van der Waals surface area contributed by atoms with Crippen LogP contribution in [0, 0.1) is 5.41 Å². The van der Waals surface area contributed by atoms with Crippen LogP contribution in [0.5, 0.6) is 0 Å². The minimum absolute atomic E-state index is 0.0399. The van der Waals surface area contributed by atoms with Crippen LogP contribution in [0.2, 0.25) is 0 Å². The molecule has 1 saturated heterocycles. The molecule has 0 aliphatic carbocycles. The topological polar surface area (TPSA) is 86.7 Å². The Morgan fingerprint density at radius 3 is 2.32 bits per heavy atom. The highest BCUT2D eigenvalue weighted by atomic mass is 16.4. The van der Waals surface area contributed by atoms with Gasteiger partial charge in [0, 0.05) is 24.1 Å². The second kappa shape index (κ2) is 6.86. The Kier molecular flexibility index (Phi) is 5.20. The van der Waals surface area contributed by atoms with Gasteiger partial charge < -0.3 is 15.3 Å². The van der Waals surface area contributed by atoms with Crippen molar-refractivity contribution in [1.82, 2.24) is 10.2 Å². The molecule has 1 heterocycles. The van der Waals surface area contributed by atoms with Gasteiger partial charge in [-0.1, -0.05) is 32.9 Å². The van der Waals surface area contributed by atoms with Crippen LogP contribution in [0.4, 0.5) is 0 Å². The number of hydrogen-bond acceptors (Lipinski definition) is 3. The van der Waals surface area contributed by atoms with Gasteiger partial charge >= 0.3 is 5.97 Å². The number of hydrogen-bond donors (Lipinski definition) is 2. The predicted octanol–water partition coefficient (Wildman–Crippen LogP) is 2.43. The van der Waals surface area contributed by atoms with Crippen molar-refractivity contribution in [3.8, 4) is 0 Å². The Bertz CT molecular complexity index is 676. The summed E-state index contributed by atoms with van der Waals surface area (Å²) in [7, 11) is 0. The smallest absolute Gasteiger partial charge is 0.329 e. The van der Waals surface area contributed by atoms with Crippen LogP contribution < -0.4 is 5.32 Å². The molecule has 1 aromatic carbocycles. The molecule has 1 unspecified atom stereocenters. The van der Waals surface area contributed by atoms with Crippen LogP contribution in [-0.2, 0) is 16.1 Å². The van der Waals surface area contributed by atoms with Crippen LogP contribution in [0.25, 0.3) is 0 Å². The molecule has 0 radical (unpaired) electrons. The van der Waals surface area contributed by atoms with E-state index in [2.05, 4.69) is 5.32 Å². The molecule has 1 aliphatic rings. The van der Waals surface area contributed by atoms with E-state index in [4.69, 9.17) is 0 Å². The Morgan fingerprint density at radius 2 is 1.80 bits per heavy atom. The van der Waals surface area contributed by atoms with E-state index in [1.807, 2.05) is 20.8 Å². The number of nitrogens with one attached hydrogen (secondary N) is 1. The van der Waals surface area contributed by atoms with Gasteiger partial charge in [0.15, 0.2) is 0 Å². The summed E-state index contributed by atoms with van der Waals surface area (Å²) in [6.07, 6.45) is 1.15. The van der Waals surface area contributed by atoms with Gasteiger partial charge in [0.2, 0.25) is 5.91 Å². The summed E-state index contributed by atoms with van der Waals surface area (Å²) in [6.45, 7) is 7.97. The lowest BCUT2D eigenvalue weighted by molar-refractivity contribution is -0.147. The van der Waals surface area contributed by atoms with Crippen LogP contribution >= 0.6 is 0 Å². The second-order valence-electron chi connectivity index (χ2n) is 7.77. The maximum Gasteiger partial charge on any atom is 0.329 e. The summed E-state index contributed by atoms with van der Waals surface area (Å²) in [6, 6.07) is 6.93. The number of carbonyl (C=O) groups is 3.